The average molecular weight is 288 g/mol. The molecule has 0 radical (unpaired) electrons. The van der Waals surface area contributed by atoms with E-state index < -0.39 is 0 Å². The zero-order valence-electron chi connectivity index (χ0n) is 11.3. The van der Waals surface area contributed by atoms with Gasteiger partial charge in [0.25, 0.3) is 5.56 Å². The molecule has 8 heteroatoms. The van der Waals surface area contributed by atoms with Crippen molar-refractivity contribution in [3.05, 3.63) is 34.6 Å². The maximum atomic E-state index is 11.1. The first-order chi connectivity index (χ1) is 10.1. The van der Waals surface area contributed by atoms with Gasteiger partial charge in [-0.2, -0.15) is 0 Å². The van der Waals surface area contributed by atoms with E-state index in [4.69, 9.17) is 11.5 Å². The van der Waals surface area contributed by atoms with Gasteiger partial charge in [0.15, 0.2) is 11.6 Å². The van der Waals surface area contributed by atoms with Crippen molar-refractivity contribution >= 4 is 22.7 Å². The van der Waals surface area contributed by atoms with Gasteiger partial charge in [0.1, 0.15) is 0 Å². The highest BCUT2D eigenvalue weighted by molar-refractivity contribution is 5.76. The smallest absolute Gasteiger partial charge is 0.293 e. The van der Waals surface area contributed by atoms with E-state index in [-0.39, 0.29) is 17.1 Å². The summed E-state index contributed by atoms with van der Waals surface area (Å²) in [4.78, 5) is 18.1. The molecule has 0 fully saturated rings. The van der Waals surface area contributed by atoms with Crippen LogP contribution < -0.4 is 17.0 Å². The summed E-state index contributed by atoms with van der Waals surface area (Å²) in [6.45, 7) is 1.34. The Morgan fingerprint density at radius 2 is 1.90 bits per heavy atom. The molecular formula is C13H16N6O2. The van der Waals surface area contributed by atoms with Crippen molar-refractivity contribution in [1.82, 2.24) is 19.3 Å². The first kappa shape index (κ1) is 13.1. The molecule has 1 aliphatic rings. The summed E-state index contributed by atoms with van der Waals surface area (Å²) in [5.41, 5.74) is 12.3. The van der Waals surface area contributed by atoms with Crippen LogP contribution in [-0.2, 0) is 13.1 Å². The van der Waals surface area contributed by atoms with Crippen LogP contribution in [0.25, 0.3) is 11.0 Å². The van der Waals surface area contributed by atoms with Gasteiger partial charge in [-0.3, -0.25) is 4.79 Å². The number of H-pyrrole nitrogens is 1. The normalized spacial score (nSPS) is 13.0. The molecule has 1 aliphatic heterocycles. The van der Waals surface area contributed by atoms with Gasteiger partial charge in [-0.15, -0.1) is 0 Å². The number of hydrogen-bond donors (Lipinski definition) is 4. The second-order valence-corrected chi connectivity index (χ2v) is 4.78. The average Bonchev–Trinajstić information content (AvgIpc) is 3.14. The molecule has 0 saturated carbocycles. The van der Waals surface area contributed by atoms with Gasteiger partial charge >= 0.3 is 0 Å². The first-order valence-electron chi connectivity index (χ1n) is 6.56. The van der Waals surface area contributed by atoms with E-state index in [2.05, 4.69) is 9.97 Å². The van der Waals surface area contributed by atoms with Gasteiger partial charge in [-0.05, 0) is 18.6 Å². The molecule has 0 unspecified atom stereocenters. The number of anilines is 2. The third-order valence-corrected chi connectivity index (χ3v) is 3.39. The first-order valence-corrected chi connectivity index (χ1v) is 6.56. The summed E-state index contributed by atoms with van der Waals surface area (Å²) >= 11 is 0. The monoisotopic (exact) mass is 288 g/mol. The van der Waals surface area contributed by atoms with Crippen LogP contribution >= 0.6 is 0 Å². The maximum Gasteiger partial charge on any atom is 0.293 e. The molecule has 1 aromatic carbocycles. The van der Waals surface area contributed by atoms with Gasteiger partial charge in [-0.1, -0.05) is 12.1 Å². The Labute approximate surface area is 119 Å². The van der Waals surface area contributed by atoms with Crippen LogP contribution in [0.2, 0.25) is 0 Å². The summed E-state index contributed by atoms with van der Waals surface area (Å²) in [5.74, 6) is 0.383. The van der Waals surface area contributed by atoms with Gasteiger partial charge in [0.2, 0.25) is 5.88 Å². The summed E-state index contributed by atoms with van der Waals surface area (Å²) in [5, 5.41) is 9.26. The molecule has 3 aromatic rings. The van der Waals surface area contributed by atoms with E-state index in [0.717, 1.165) is 17.5 Å². The van der Waals surface area contributed by atoms with Gasteiger partial charge in [0.05, 0.1) is 11.0 Å². The van der Waals surface area contributed by atoms with E-state index in [0.29, 0.717) is 19.0 Å². The third-order valence-electron chi connectivity index (χ3n) is 3.39. The Bertz CT molecular complexity index is 811. The summed E-state index contributed by atoms with van der Waals surface area (Å²) in [7, 11) is 0. The largest absolute Gasteiger partial charge is 0.492 e. The molecule has 0 bridgehead atoms. The van der Waals surface area contributed by atoms with E-state index in [9.17, 15) is 9.90 Å². The molecule has 21 heavy (non-hydrogen) atoms. The molecular weight excluding hydrogens is 272 g/mol. The van der Waals surface area contributed by atoms with Crippen LogP contribution in [-0.4, -0.2) is 24.4 Å². The second kappa shape index (κ2) is 4.89. The van der Waals surface area contributed by atoms with E-state index in [1.54, 1.807) is 0 Å². The number of fused-ring (bicyclic) bond motifs is 2. The lowest BCUT2D eigenvalue weighted by molar-refractivity contribution is 0.400. The molecule has 0 saturated heterocycles. The number of benzene rings is 1. The molecule has 0 amide bonds. The SMILES string of the molecule is Nc1c(O)n2n(c1=O)CCC2.Nc1nc2ccccc2[nH]1. The van der Waals surface area contributed by atoms with Crippen LogP contribution in [0.15, 0.2) is 29.1 Å². The number of imidazole rings is 1. The molecule has 0 aliphatic carbocycles. The van der Waals surface area contributed by atoms with Crippen LogP contribution in [0.1, 0.15) is 6.42 Å². The Balaban J connectivity index is 0.000000126. The Morgan fingerprint density at radius 3 is 2.62 bits per heavy atom. The second-order valence-electron chi connectivity index (χ2n) is 4.78. The zero-order chi connectivity index (χ0) is 15.0. The van der Waals surface area contributed by atoms with Gasteiger partial charge in [-0.25, -0.2) is 14.3 Å². The Morgan fingerprint density at radius 1 is 1.19 bits per heavy atom. The predicted octanol–water partition coefficient (Wildman–Crippen LogP) is 0.486. The number of nitrogens with one attached hydrogen (secondary N) is 1. The van der Waals surface area contributed by atoms with Crippen LogP contribution in [0.5, 0.6) is 5.88 Å². The number of hydrogen-bond acceptors (Lipinski definition) is 5. The fourth-order valence-electron chi connectivity index (χ4n) is 2.39. The van der Waals surface area contributed by atoms with E-state index in [1.807, 2.05) is 24.3 Å². The van der Waals surface area contributed by atoms with Crippen molar-refractivity contribution in [3.63, 3.8) is 0 Å². The molecule has 6 N–H and O–H groups in total. The lowest BCUT2D eigenvalue weighted by Crippen LogP contribution is -2.18. The highest BCUT2D eigenvalue weighted by Gasteiger charge is 2.20. The minimum Gasteiger partial charge on any atom is -0.492 e. The number of para-hydroxylation sites is 2. The molecule has 3 heterocycles. The number of aromatic nitrogens is 4. The van der Waals surface area contributed by atoms with Crippen LogP contribution in [0.4, 0.5) is 11.6 Å². The molecule has 0 spiro atoms. The number of rotatable bonds is 0. The van der Waals surface area contributed by atoms with Crippen molar-refractivity contribution in [2.24, 2.45) is 0 Å². The van der Waals surface area contributed by atoms with E-state index in [1.165, 1.54) is 9.36 Å². The number of aromatic amines is 1. The quantitative estimate of drug-likeness (QED) is 0.478. The molecule has 4 rings (SSSR count). The molecule has 8 nitrogen and oxygen atoms in total. The lowest BCUT2D eigenvalue weighted by atomic mass is 10.3. The number of aromatic hydroxyl groups is 1. The lowest BCUT2D eigenvalue weighted by Gasteiger charge is -1.97. The van der Waals surface area contributed by atoms with Crippen molar-refractivity contribution in [2.75, 3.05) is 11.5 Å². The summed E-state index contributed by atoms with van der Waals surface area (Å²) in [6.07, 6.45) is 0.892. The van der Waals surface area contributed by atoms with Gasteiger partial charge < -0.3 is 21.6 Å². The van der Waals surface area contributed by atoms with Crippen LogP contribution in [0.3, 0.4) is 0 Å². The number of nitrogens with two attached hydrogens (primary N) is 2. The van der Waals surface area contributed by atoms with Gasteiger partial charge in [0, 0.05) is 13.1 Å². The topological polar surface area (TPSA) is 128 Å². The third kappa shape index (κ3) is 2.20. The fourth-order valence-corrected chi connectivity index (χ4v) is 2.39. The molecule has 110 valence electrons. The number of nitrogens with zero attached hydrogens (tertiary/aromatic N) is 3. The number of nitrogen functional groups attached to an aromatic ring is 2. The Kier molecular flexibility index (Phi) is 3.05. The minimum absolute atomic E-state index is 0.0373. The predicted molar refractivity (Wildman–Crippen MR) is 79.9 cm³/mol. The zero-order valence-corrected chi connectivity index (χ0v) is 11.3. The molecule has 2 aromatic heterocycles. The van der Waals surface area contributed by atoms with Crippen molar-refractivity contribution in [3.8, 4) is 5.88 Å². The van der Waals surface area contributed by atoms with Crippen molar-refractivity contribution in [2.45, 2.75) is 19.5 Å². The minimum atomic E-state index is -0.278. The summed E-state index contributed by atoms with van der Waals surface area (Å²) < 4.78 is 2.97. The van der Waals surface area contributed by atoms with Crippen LogP contribution in [0, 0.1) is 0 Å². The van der Waals surface area contributed by atoms with Crippen molar-refractivity contribution < 1.29 is 5.11 Å². The molecule has 0 atom stereocenters. The summed E-state index contributed by atoms with van der Waals surface area (Å²) in [6, 6.07) is 7.74. The maximum absolute atomic E-state index is 11.1. The van der Waals surface area contributed by atoms with E-state index >= 15 is 0 Å². The van der Waals surface area contributed by atoms with Crippen molar-refractivity contribution in [1.29, 1.82) is 0 Å². The Hall–Kier alpha value is -2.90. The standard InChI is InChI=1S/C7H7N3.C6H9N3O2/c8-7-9-5-3-1-2-4-6(5)10-7;7-4-5(10)8-2-1-3-9(8)6(4)11/h1-4H,(H3,8,9,10);10H,1-3,7H2. The highest BCUT2D eigenvalue weighted by atomic mass is 16.3. The highest BCUT2D eigenvalue weighted by Crippen LogP contribution is 2.20. The fraction of sp³-hybridized carbons (Fsp3) is 0.231.